The largest absolute Gasteiger partial charge is 0.447 e. The molecule has 18 heteroatoms. The van der Waals surface area contributed by atoms with E-state index in [2.05, 4.69) is 39.6 Å². The molecule has 0 saturated carbocycles. The number of rotatable bonds is 30. The molecule has 54 heavy (non-hydrogen) atoms. The van der Waals surface area contributed by atoms with Crippen molar-refractivity contribution in [3.63, 3.8) is 0 Å². The van der Waals surface area contributed by atoms with Gasteiger partial charge in [-0.15, -0.1) is 0 Å². The number of unbranched alkanes of at least 4 members (excludes halogenated alkanes) is 9. The molecule has 2 saturated heterocycles. The van der Waals surface area contributed by atoms with Crippen LogP contribution in [0.25, 0.3) is 0 Å². The Kier molecular flexibility index (Phi) is 20.4. The lowest BCUT2D eigenvalue weighted by Gasteiger charge is -2.14. The summed E-state index contributed by atoms with van der Waals surface area (Å²) in [4.78, 5) is 78.7. The van der Waals surface area contributed by atoms with E-state index in [1.165, 1.54) is 0 Å². The molecule has 0 bridgehead atoms. The fourth-order valence-corrected chi connectivity index (χ4v) is 6.23. The predicted molar refractivity (Wildman–Crippen MR) is 201 cm³/mol. The molecule has 2 aliphatic heterocycles. The van der Waals surface area contributed by atoms with E-state index in [1.54, 1.807) is 0 Å². The molecule has 18 nitrogen and oxygen atoms in total. The van der Waals surface area contributed by atoms with Crippen LogP contribution in [0.1, 0.15) is 90.9 Å². The van der Waals surface area contributed by atoms with Crippen LogP contribution in [0.2, 0.25) is 0 Å². The maximum absolute atomic E-state index is 13.4. The van der Waals surface area contributed by atoms with Gasteiger partial charge < -0.3 is 35.6 Å². The highest BCUT2D eigenvalue weighted by atomic mass is 16.6. The number of alkyl carbamates (subject to hydrolysis) is 2. The van der Waals surface area contributed by atoms with E-state index in [-0.39, 0.29) is 32.8 Å². The van der Waals surface area contributed by atoms with Gasteiger partial charge in [0.2, 0.25) is 6.41 Å². The quantitative estimate of drug-likeness (QED) is 0.0403. The first-order chi connectivity index (χ1) is 26.0. The lowest BCUT2D eigenvalue weighted by atomic mass is 10.2. The summed E-state index contributed by atoms with van der Waals surface area (Å²) in [6.45, 7) is 8.69. The lowest BCUT2D eigenvalue weighted by Crippen LogP contribution is -2.54. The smallest absolute Gasteiger partial charge is 0.407 e. The van der Waals surface area contributed by atoms with E-state index < -0.39 is 41.5 Å². The number of hydrogen-bond donors (Lipinski definition) is 5. The van der Waals surface area contributed by atoms with Crippen LogP contribution < -0.4 is 33.0 Å². The van der Waals surface area contributed by atoms with E-state index >= 15 is 0 Å². The molecule has 0 spiro atoms. The topological polar surface area (TPSA) is 218 Å². The van der Waals surface area contributed by atoms with Gasteiger partial charge >= 0.3 is 29.3 Å². The summed E-state index contributed by atoms with van der Waals surface area (Å²) in [5.74, 6) is 0. The van der Waals surface area contributed by atoms with Crippen LogP contribution in [0, 0.1) is 0 Å². The van der Waals surface area contributed by atoms with Crippen molar-refractivity contribution in [1.82, 2.24) is 39.5 Å². The Hall–Kier alpha value is -3.74. The van der Waals surface area contributed by atoms with E-state index in [0.717, 1.165) is 58.9 Å². The number of β-amino-alcohol motifs (C(OH)–C–C–N with tert-alkyl or cyclic N) is 2. The molecule has 1 aromatic rings. The van der Waals surface area contributed by atoms with Crippen LogP contribution in [-0.2, 0) is 33.9 Å². The molecule has 0 radical (unpaired) electrons. The van der Waals surface area contributed by atoms with Crippen LogP contribution in [0.5, 0.6) is 0 Å². The Morgan fingerprint density at radius 3 is 1.30 bits per heavy atom. The van der Waals surface area contributed by atoms with Crippen LogP contribution in [0.3, 0.4) is 0 Å². The maximum Gasteiger partial charge on any atom is 0.407 e. The number of aliphatic hydroxyl groups is 2. The average Bonchev–Trinajstić information content (AvgIpc) is 4.05. The molecule has 6 atom stereocenters. The first-order valence-corrected chi connectivity index (χ1v) is 19.8. The highest BCUT2D eigenvalue weighted by molar-refractivity contribution is 5.67. The van der Waals surface area contributed by atoms with Crippen LogP contribution in [0.4, 0.5) is 9.59 Å². The van der Waals surface area contributed by atoms with Crippen molar-refractivity contribution >= 4 is 18.6 Å². The Morgan fingerprint density at radius 1 is 0.630 bits per heavy atom. The van der Waals surface area contributed by atoms with E-state index in [0.29, 0.717) is 96.2 Å². The second kappa shape index (κ2) is 24.6. The summed E-state index contributed by atoms with van der Waals surface area (Å²) in [5, 5.41) is 27.9. The minimum absolute atomic E-state index is 0.0658. The van der Waals surface area contributed by atoms with Crippen LogP contribution in [0.15, 0.2) is 14.4 Å². The van der Waals surface area contributed by atoms with Crippen LogP contribution >= 0.6 is 0 Å². The zero-order chi connectivity index (χ0) is 39.3. The van der Waals surface area contributed by atoms with Crippen LogP contribution in [-0.4, -0.2) is 136 Å². The summed E-state index contributed by atoms with van der Waals surface area (Å²) in [6, 6.07) is 0.921. The fourth-order valence-electron chi connectivity index (χ4n) is 6.23. The van der Waals surface area contributed by atoms with Crippen molar-refractivity contribution in [3.8, 4) is 0 Å². The van der Waals surface area contributed by atoms with Gasteiger partial charge in [0, 0.05) is 77.5 Å². The Bertz CT molecular complexity index is 1370. The van der Waals surface area contributed by atoms with Gasteiger partial charge in [-0.2, -0.15) is 0 Å². The van der Waals surface area contributed by atoms with Crippen molar-refractivity contribution < 1.29 is 34.1 Å². The van der Waals surface area contributed by atoms with Crippen molar-refractivity contribution in [2.45, 2.75) is 135 Å². The molecule has 0 aromatic carbocycles. The van der Waals surface area contributed by atoms with Crippen molar-refractivity contribution in [3.05, 3.63) is 31.5 Å². The van der Waals surface area contributed by atoms with Gasteiger partial charge in [0.15, 0.2) is 0 Å². The summed E-state index contributed by atoms with van der Waals surface area (Å²) in [5.41, 5.74) is -1.86. The SMILES string of the molecule is CC1CN1CC(O)COC(=O)NCCCCCCn1c(=O)n(CCCCCCNC=O)c(=O)n(CCCCCCNC(=O)OCC(O)CN2CC2C)c1=O. The number of aromatic nitrogens is 3. The minimum atomic E-state index is -0.724. The zero-order valence-corrected chi connectivity index (χ0v) is 32.3. The number of carbonyl (C=O) groups is 3. The predicted octanol–water partition coefficient (Wildman–Crippen LogP) is 0.181. The number of amides is 3. The first kappa shape index (κ1) is 44.7. The lowest BCUT2D eigenvalue weighted by molar-refractivity contribution is -0.109. The molecular formula is C36H64N8O10. The Labute approximate surface area is 317 Å². The standard InChI is InChI=1S/C36H64N8O10/c1-28-21-40(28)23-30(46)25-53-32(48)38-16-10-4-7-13-19-43-34(50)42(18-12-6-3-9-15-37-27-45)35(51)44(36(43)52)20-14-8-5-11-17-39-33(49)54-26-31(47)24-41-22-29(41)2/h27-31,46-47H,3-26H2,1-2H3,(H,37,45)(H,38,48)(H,39,49). The highest BCUT2D eigenvalue weighted by Gasteiger charge is 2.31. The molecule has 3 amide bonds. The zero-order valence-electron chi connectivity index (χ0n) is 32.3. The molecule has 3 heterocycles. The van der Waals surface area contributed by atoms with Crippen molar-refractivity contribution in [2.75, 3.05) is 59.0 Å². The third kappa shape index (κ3) is 17.2. The Morgan fingerprint density at radius 2 is 0.963 bits per heavy atom. The average molecular weight is 769 g/mol. The van der Waals surface area contributed by atoms with Gasteiger partial charge in [-0.25, -0.2) is 37.7 Å². The van der Waals surface area contributed by atoms with Gasteiger partial charge in [0.05, 0.1) is 0 Å². The van der Waals surface area contributed by atoms with E-state index in [4.69, 9.17) is 9.47 Å². The van der Waals surface area contributed by atoms with Gasteiger partial charge in [0.25, 0.3) is 0 Å². The highest BCUT2D eigenvalue weighted by Crippen LogP contribution is 2.16. The van der Waals surface area contributed by atoms with Gasteiger partial charge in [-0.1, -0.05) is 38.5 Å². The number of ether oxygens (including phenoxy) is 2. The summed E-state index contributed by atoms with van der Waals surface area (Å²) in [7, 11) is 0. The van der Waals surface area contributed by atoms with Crippen molar-refractivity contribution in [1.29, 1.82) is 0 Å². The number of carbonyl (C=O) groups excluding carboxylic acids is 3. The second-order valence-electron chi connectivity index (χ2n) is 14.6. The molecule has 308 valence electrons. The van der Waals surface area contributed by atoms with Crippen molar-refractivity contribution in [2.24, 2.45) is 0 Å². The van der Waals surface area contributed by atoms with Gasteiger partial charge in [0.1, 0.15) is 25.4 Å². The number of nitrogens with one attached hydrogen (secondary N) is 3. The summed E-state index contributed by atoms with van der Waals surface area (Å²) < 4.78 is 13.6. The van der Waals surface area contributed by atoms with Gasteiger partial charge in [-0.05, 0) is 52.4 Å². The van der Waals surface area contributed by atoms with Gasteiger partial charge in [-0.3, -0.25) is 14.6 Å². The second-order valence-corrected chi connectivity index (χ2v) is 14.6. The molecule has 3 rings (SSSR count). The molecular weight excluding hydrogens is 704 g/mol. The monoisotopic (exact) mass is 768 g/mol. The molecule has 1 aromatic heterocycles. The first-order valence-electron chi connectivity index (χ1n) is 19.8. The normalized spacial score (nSPS) is 19.8. The molecule has 0 aliphatic carbocycles. The minimum Gasteiger partial charge on any atom is -0.447 e. The number of hydrogen-bond acceptors (Lipinski definition) is 12. The molecule has 2 aliphatic rings. The maximum atomic E-state index is 13.4. The molecule has 2 fully saturated rings. The van der Waals surface area contributed by atoms with E-state index in [9.17, 15) is 39.0 Å². The van der Waals surface area contributed by atoms with E-state index in [1.807, 2.05) is 0 Å². The number of aliphatic hydroxyl groups excluding tert-OH is 2. The number of nitrogens with zero attached hydrogens (tertiary/aromatic N) is 5. The third-order valence-electron chi connectivity index (χ3n) is 9.76. The summed E-state index contributed by atoms with van der Waals surface area (Å²) in [6.07, 6.45) is 6.26. The summed E-state index contributed by atoms with van der Waals surface area (Å²) >= 11 is 0. The molecule has 6 unspecified atom stereocenters. The Balaban J connectivity index is 1.41. The third-order valence-corrected chi connectivity index (χ3v) is 9.76. The molecule has 5 N–H and O–H groups in total. The fraction of sp³-hybridized carbons (Fsp3) is 0.833.